The highest BCUT2D eigenvalue weighted by Gasteiger charge is 2.30. The first kappa shape index (κ1) is 14.3. The minimum atomic E-state index is -0.393. The normalized spacial score (nSPS) is 18.2. The first-order valence-corrected chi connectivity index (χ1v) is 6.88. The van der Waals surface area contributed by atoms with Crippen LogP contribution in [-0.2, 0) is 4.74 Å². The molecule has 1 atom stereocenters. The van der Waals surface area contributed by atoms with Crippen LogP contribution >= 0.6 is 0 Å². The number of hydrogen-bond donors (Lipinski definition) is 1. The van der Waals surface area contributed by atoms with Crippen molar-refractivity contribution in [3.8, 4) is 0 Å². The zero-order valence-corrected chi connectivity index (χ0v) is 12.0. The highest BCUT2D eigenvalue weighted by Crippen LogP contribution is 2.23. The molecule has 1 saturated heterocycles. The second kappa shape index (κ2) is 6.02. The van der Waals surface area contributed by atoms with Crippen molar-refractivity contribution in [2.45, 2.75) is 13.0 Å². The van der Waals surface area contributed by atoms with E-state index in [2.05, 4.69) is 20.2 Å². The van der Waals surface area contributed by atoms with Gasteiger partial charge in [0.15, 0.2) is 0 Å². The number of nitrogens with one attached hydrogen (secondary N) is 1. The fourth-order valence-corrected chi connectivity index (χ4v) is 2.45. The van der Waals surface area contributed by atoms with E-state index in [0.29, 0.717) is 36.8 Å². The van der Waals surface area contributed by atoms with Crippen LogP contribution in [0.2, 0.25) is 0 Å². The van der Waals surface area contributed by atoms with E-state index in [0.717, 1.165) is 0 Å². The van der Waals surface area contributed by atoms with Gasteiger partial charge in [-0.05, 0) is 13.0 Å². The van der Waals surface area contributed by atoms with Crippen LogP contribution in [-0.4, -0.2) is 50.7 Å². The maximum Gasteiger partial charge on any atom is 0.256 e. The van der Waals surface area contributed by atoms with Gasteiger partial charge >= 0.3 is 0 Å². The average molecular weight is 301 g/mol. The molecule has 0 aliphatic carbocycles. The van der Waals surface area contributed by atoms with Gasteiger partial charge in [0, 0.05) is 12.6 Å². The Balaban J connectivity index is 1.94. The number of aryl methyl sites for hydroxylation is 1. The van der Waals surface area contributed by atoms with Crippen molar-refractivity contribution in [2.75, 3.05) is 19.8 Å². The molecule has 1 fully saturated rings. The van der Waals surface area contributed by atoms with Gasteiger partial charge in [0.25, 0.3) is 11.5 Å². The molecule has 0 unspecified atom stereocenters. The molecule has 0 bridgehead atoms. The van der Waals surface area contributed by atoms with Crippen molar-refractivity contribution < 1.29 is 9.53 Å². The molecule has 1 amide bonds. The molecule has 1 aliphatic heterocycles. The third-order valence-corrected chi connectivity index (χ3v) is 3.44. The number of amides is 1. The van der Waals surface area contributed by atoms with E-state index >= 15 is 0 Å². The van der Waals surface area contributed by atoms with Crippen LogP contribution in [0, 0.1) is 6.92 Å². The molecule has 1 N–H and O–H groups in total. The number of H-pyrrole nitrogens is 1. The summed E-state index contributed by atoms with van der Waals surface area (Å²) in [7, 11) is 0. The van der Waals surface area contributed by atoms with E-state index in [-0.39, 0.29) is 11.5 Å². The Kier molecular flexibility index (Phi) is 3.92. The lowest BCUT2D eigenvalue weighted by atomic mass is 10.1. The standard InChI is InChI=1S/C14H15N5O3/c1-9-17-11(6-13(20)18-9)12-8-22-5-4-19(12)14(21)10-2-3-15-16-7-10/h2-3,6-7,12H,4-5,8H2,1H3,(H,17,18,20)/t12-/m1/s1. The fraction of sp³-hybridized carbons (Fsp3) is 0.357. The molecule has 0 radical (unpaired) electrons. The zero-order chi connectivity index (χ0) is 15.5. The third-order valence-electron chi connectivity index (χ3n) is 3.44. The summed E-state index contributed by atoms with van der Waals surface area (Å²) in [5.41, 5.74) is 0.728. The minimum Gasteiger partial charge on any atom is -0.377 e. The summed E-state index contributed by atoms with van der Waals surface area (Å²) in [6.07, 6.45) is 2.89. The lowest BCUT2D eigenvalue weighted by molar-refractivity contribution is -0.00404. The molecule has 0 saturated carbocycles. The molecule has 2 aromatic heterocycles. The molecule has 114 valence electrons. The zero-order valence-electron chi connectivity index (χ0n) is 12.0. The topological polar surface area (TPSA) is 101 Å². The van der Waals surface area contributed by atoms with Gasteiger partial charge in [0.1, 0.15) is 5.82 Å². The summed E-state index contributed by atoms with van der Waals surface area (Å²) in [5, 5.41) is 7.40. The Morgan fingerprint density at radius 3 is 3.05 bits per heavy atom. The first-order valence-electron chi connectivity index (χ1n) is 6.88. The lowest BCUT2D eigenvalue weighted by Gasteiger charge is -2.35. The van der Waals surface area contributed by atoms with Crippen molar-refractivity contribution in [1.82, 2.24) is 25.1 Å². The number of carbonyl (C=O) groups is 1. The molecule has 3 heterocycles. The number of nitrogens with zero attached hydrogens (tertiary/aromatic N) is 4. The largest absolute Gasteiger partial charge is 0.377 e. The SMILES string of the molecule is Cc1nc([C@H]2COCCN2C(=O)c2ccnnc2)cc(=O)[nH]1. The second-order valence-corrected chi connectivity index (χ2v) is 4.98. The van der Waals surface area contributed by atoms with E-state index in [1.165, 1.54) is 18.5 Å². The molecule has 3 rings (SSSR count). The Labute approximate surface area is 126 Å². The van der Waals surface area contributed by atoms with Gasteiger partial charge in [-0.15, -0.1) is 0 Å². The van der Waals surface area contributed by atoms with Crippen LogP contribution in [0.3, 0.4) is 0 Å². The molecular weight excluding hydrogens is 286 g/mol. The van der Waals surface area contributed by atoms with Gasteiger partial charge in [-0.25, -0.2) is 4.98 Å². The van der Waals surface area contributed by atoms with Crippen molar-refractivity contribution in [3.05, 3.63) is 52.0 Å². The van der Waals surface area contributed by atoms with E-state index < -0.39 is 6.04 Å². The highest BCUT2D eigenvalue weighted by molar-refractivity contribution is 5.94. The van der Waals surface area contributed by atoms with E-state index in [1.54, 1.807) is 17.9 Å². The van der Waals surface area contributed by atoms with Gasteiger partial charge in [0.05, 0.1) is 42.9 Å². The summed E-state index contributed by atoms with van der Waals surface area (Å²) in [6, 6.07) is 2.62. The van der Waals surface area contributed by atoms with Crippen LogP contribution in [0.25, 0.3) is 0 Å². The summed E-state index contributed by atoms with van der Waals surface area (Å²) in [4.78, 5) is 32.9. The maximum atomic E-state index is 12.6. The molecule has 0 aromatic carbocycles. The molecule has 8 heteroatoms. The van der Waals surface area contributed by atoms with Gasteiger partial charge in [-0.3, -0.25) is 9.59 Å². The molecule has 0 spiro atoms. The lowest BCUT2D eigenvalue weighted by Crippen LogP contribution is -2.44. The molecule has 1 aliphatic rings. The Hall–Kier alpha value is -2.61. The monoisotopic (exact) mass is 301 g/mol. The van der Waals surface area contributed by atoms with E-state index in [9.17, 15) is 9.59 Å². The number of ether oxygens (including phenoxy) is 1. The quantitative estimate of drug-likeness (QED) is 0.843. The van der Waals surface area contributed by atoms with Crippen LogP contribution in [0.4, 0.5) is 0 Å². The van der Waals surface area contributed by atoms with Crippen molar-refractivity contribution in [2.24, 2.45) is 0 Å². The Bertz CT molecular complexity index is 731. The summed E-state index contributed by atoms with van der Waals surface area (Å²) in [6.45, 7) is 2.88. The first-order chi connectivity index (χ1) is 10.6. The smallest absolute Gasteiger partial charge is 0.256 e. The Morgan fingerprint density at radius 2 is 2.32 bits per heavy atom. The summed E-state index contributed by atoms with van der Waals surface area (Å²) in [5.74, 6) is 0.328. The molecule has 22 heavy (non-hydrogen) atoms. The van der Waals surface area contributed by atoms with Gasteiger partial charge < -0.3 is 14.6 Å². The predicted octanol–water partition coefficient (Wildman–Crippen LogP) is 0.0820. The highest BCUT2D eigenvalue weighted by atomic mass is 16.5. The number of aromatic nitrogens is 4. The van der Waals surface area contributed by atoms with E-state index in [4.69, 9.17) is 4.74 Å². The van der Waals surface area contributed by atoms with Crippen LogP contribution in [0.5, 0.6) is 0 Å². The Morgan fingerprint density at radius 1 is 1.45 bits per heavy atom. The van der Waals surface area contributed by atoms with Crippen LogP contribution < -0.4 is 5.56 Å². The predicted molar refractivity (Wildman–Crippen MR) is 76.2 cm³/mol. The molecule has 2 aromatic rings. The number of rotatable bonds is 2. The van der Waals surface area contributed by atoms with Gasteiger partial charge in [-0.2, -0.15) is 10.2 Å². The summed E-state index contributed by atoms with van der Waals surface area (Å²) >= 11 is 0. The summed E-state index contributed by atoms with van der Waals surface area (Å²) < 4.78 is 5.46. The van der Waals surface area contributed by atoms with Gasteiger partial charge in [0.2, 0.25) is 0 Å². The maximum absolute atomic E-state index is 12.6. The number of morpholine rings is 1. The van der Waals surface area contributed by atoms with Crippen molar-refractivity contribution in [3.63, 3.8) is 0 Å². The van der Waals surface area contributed by atoms with E-state index in [1.807, 2.05) is 0 Å². The minimum absolute atomic E-state index is 0.178. The van der Waals surface area contributed by atoms with Crippen molar-refractivity contribution in [1.29, 1.82) is 0 Å². The van der Waals surface area contributed by atoms with Crippen LogP contribution in [0.1, 0.15) is 27.9 Å². The number of carbonyl (C=O) groups excluding carboxylic acids is 1. The van der Waals surface area contributed by atoms with Crippen molar-refractivity contribution >= 4 is 5.91 Å². The fourth-order valence-electron chi connectivity index (χ4n) is 2.45. The number of aromatic amines is 1. The number of hydrogen-bond acceptors (Lipinski definition) is 6. The molecule has 8 nitrogen and oxygen atoms in total. The average Bonchev–Trinajstić information content (AvgIpc) is 2.54. The van der Waals surface area contributed by atoms with Crippen LogP contribution in [0.15, 0.2) is 29.3 Å². The van der Waals surface area contributed by atoms with Gasteiger partial charge in [-0.1, -0.05) is 0 Å². The second-order valence-electron chi connectivity index (χ2n) is 4.98. The molecular formula is C14H15N5O3. The third kappa shape index (κ3) is 2.86.